The first-order chi connectivity index (χ1) is 17.9. The van der Waals surface area contributed by atoms with Crippen LogP contribution in [0.15, 0.2) is 54.6 Å². The molecule has 0 unspecified atom stereocenters. The quantitative estimate of drug-likeness (QED) is 0.315. The van der Waals surface area contributed by atoms with E-state index in [-0.39, 0.29) is 18.4 Å². The van der Waals surface area contributed by atoms with Gasteiger partial charge in [-0.2, -0.15) is 0 Å². The largest absolute Gasteiger partial charge is 0.494 e. The molecule has 0 saturated heterocycles. The van der Waals surface area contributed by atoms with Crippen molar-refractivity contribution in [2.75, 3.05) is 32.8 Å². The first-order valence-electron chi connectivity index (χ1n) is 13.1. The predicted molar refractivity (Wildman–Crippen MR) is 147 cm³/mol. The van der Waals surface area contributed by atoms with Gasteiger partial charge in [-0.05, 0) is 71.4 Å². The Balaban J connectivity index is 2.28. The van der Waals surface area contributed by atoms with Gasteiger partial charge in [-0.3, -0.25) is 14.2 Å². The van der Waals surface area contributed by atoms with Gasteiger partial charge in [0.25, 0.3) is 11.8 Å². The number of rotatable bonds is 12. The molecule has 0 aliphatic heterocycles. The molecular formula is C30H39N3O4. The van der Waals surface area contributed by atoms with Gasteiger partial charge in [-0.15, -0.1) is 0 Å². The standard InChI is InChI=1S/C30H39N3O4/c1-7-31(8-2)29(34)26-22(6)28(37-21-23-15-13-12-14-16-23)27(30(35)32(9-3)10-4)33(26)24-17-19-25(20-18-24)36-11-5/h12-20H,7-11,21H2,1-6H3. The van der Waals surface area contributed by atoms with Gasteiger partial charge in [0.1, 0.15) is 18.1 Å². The Morgan fingerprint density at radius 1 is 0.730 bits per heavy atom. The van der Waals surface area contributed by atoms with E-state index in [2.05, 4.69) is 0 Å². The molecule has 7 heteroatoms. The van der Waals surface area contributed by atoms with E-state index >= 15 is 0 Å². The third-order valence-corrected chi connectivity index (χ3v) is 6.50. The van der Waals surface area contributed by atoms with Crippen molar-refractivity contribution in [3.8, 4) is 17.2 Å². The van der Waals surface area contributed by atoms with Crippen LogP contribution in [-0.4, -0.2) is 59.0 Å². The van der Waals surface area contributed by atoms with Gasteiger partial charge < -0.3 is 19.3 Å². The molecule has 0 saturated carbocycles. The maximum absolute atomic E-state index is 14.0. The molecule has 2 aromatic carbocycles. The number of nitrogens with zero attached hydrogens (tertiary/aromatic N) is 3. The lowest BCUT2D eigenvalue weighted by molar-refractivity contribution is 0.0756. The molecule has 2 amide bonds. The van der Waals surface area contributed by atoms with Crippen LogP contribution in [0.1, 0.15) is 66.7 Å². The molecule has 0 atom stereocenters. The van der Waals surface area contributed by atoms with Crippen LogP contribution in [0.5, 0.6) is 11.5 Å². The number of aromatic nitrogens is 1. The topological polar surface area (TPSA) is 64.0 Å². The molecule has 1 heterocycles. The normalized spacial score (nSPS) is 10.8. The highest BCUT2D eigenvalue weighted by molar-refractivity contribution is 6.03. The third-order valence-electron chi connectivity index (χ3n) is 6.50. The summed E-state index contributed by atoms with van der Waals surface area (Å²) >= 11 is 0. The second kappa shape index (κ2) is 13.0. The molecule has 0 aliphatic carbocycles. The third kappa shape index (κ3) is 5.98. The molecule has 0 spiro atoms. The van der Waals surface area contributed by atoms with Gasteiger partial charge >= 0.3 is 0 Å². The van der Waals surface area contributed by atoms with E-state index in [9.17, 15) is 9.59 Å². The summed E-state index contributed by atoms with van der Waals surface area (Å²) in [6.45, 7) is 14.6. The highest BCUT2D eigenvalue weighted by atomic mass is 16.5. The van der Waals surface area contributed by atoms with Crippen molar-refractivity contribution in [2.45, 2.75) is 48.1 Å². The first kappa shape index (κ1) is 27.8. The van der Waals surface area contributed by atoms with Crippen LogP contribution in [0.4, 0.5) is 0 Å². The summed E-state index contributed by atoms with van der Waals surface area (Å²) in [5.41, 5.74) is 3.13. The average Bonchev–Trinajstić information content (AvgIpc) is 3.21. The molecule has 0 N–H and O–H groups in total. The SMILES string of the molecule is CCOc1ccc(-n2c(C(=O)N(CC)CC)c(C)c(OCc3ccccc3)c2C(=O)N(CC)CC)cc1. The molecule has 198 valence electrons. The minimum atomic E-state index is -0.177. The van der Waals surface area contributed by atoms with Crippen molar-refractivity contribution < 1.29 is 19.1 Å². The van der Waals surface area contributed by atoms with Gasteiger partial charge in [-0.25, -0.2) is 0 Å². The lowest BCUT2D eigenvalue weighted by atomic mass is 10.2. The molecule has 3 aromatic rings. The fourth-order valence-corrected chi connectivity index (χ4v) is 4.46. The Kier molecular flexibility index (Phi) is 9.78. The molecule has 0 fully saturated rings. The molecule has 7 nitrogen and oxygen atoms in total. The van der Waals surface area contributed by atoms with E-state index < -0.39 is 0 Å². The van der Waals surface area contributed by atoms with Crippen molar-refractivity contribution in [2.24, 2.45) is 0 Å². The average molecular weight is 506 g/mol. The number of carbonyl (C=O) groups excluding carboxylic acids is 2. The van der Waals surface area contributed by atoms with Gasteiger partial charge in [0.2, 0.25) is 0 Å². The fourth-order valence-electron chi connectivity index (χ4n) is 4.46. The summed E-state index contributed by atoms with van der Waals surface area (Å²) in [7, 11) is 0. The Labute approximate surface area is 220 Å². The van der Waals surface area contributed by atoms with Gasteiger partial charge in [0.05, 0.1) is 6.61 Å². The summed E-state index contributed by atoms with van der Waals surface area (Å²) < 4.78 is 13.8. The minimum Gasteiger partial charge on any atom is -0.494 e. The van der Waals surface area contributed by atoms with Crippen molar-refractivity contribution in [1.82, 2.24) is 14.4 Å². The highest BCUT2D eigenvalue weighted by Gasteiger charge is 2.33. The van der Waals surface area contributed by atoms with Crippen LogP contribution in [0, 0.1) is 6.92 Å². The Hall–Kier alpha value is -3.74. The highest BCUT2D eigenvalue weighted by Crippen LogP contribution is 2.36. The van der Waals surface area contributed by atoms with E-state index in [0.717, 1.165) is 11.3 Å². The van der Waals surface area contributed by atoms with E-state index in [4.69, 9.17) is 9.47 Å². The van der Waals surface area contributed by atoms with Crippen molar-refractivity contribution >= 4 is 11.8 Å². The van der Waals surface area contributed by atoms with Crippen LogP contribution in [0.2, 0.25) is 0 Å². The molecule has 0 aliphatic rings. The van der Waals surface area contributed by atoms with E-state index in [1.807, 2.05) is 96.1 Å². The molecule has 0 radical (unpaired) electrons. The Bertz CT molecular complexity index is 1180. The number of amides is 2. The number of hydrogen-bond donors (Lipinski definition) is 0. The summed E-state index contributed by atoms with van der Waals surface area (Å²) in [5, 5.41) is 0. The molecule has 0 bridgehead atoms. The lowest BCUT2D eigenvalue weighted by Crippen LogP contribution is -2.34. The summed E-state index contributed by atoms with van der Waals surface area (Å²) in [6, 6.07) is 17.3. The van der Waals surface area contributed by atoms with Crippen molar-refractivity contribution in [1.29, 1.82) is 0 Å². The van der Waals surface area contributed by atoms with Crippen LogP contribution >= 0.6 is 0 Å². The Morgan fingerprint density at radius 3 is 1.78 bits per heavy atom. The monoisotopic (exact) mass is 505 g/mol. The first-order valence-corrected chi connectivity index (χ1v) is 13.1. The number of hydrogen-bond acceptors (Lipinski definition) is 4. The lowest BCUT2D eigenvalue weighted by Gasteiger charge is -2.23. The molecule has 3 rings (SSSR count). The predicted octanol–water partition coefficient (Wildman–Crippen LogP) is 5.73. The summed E-state index contributed by atoms with van der Waals surface area (Å²) in [5.74, 6) is 0.845. The maximum atomic E-state index is 14.0. The second-order valence-corrected chi connectivity index (χ2v) is 8.64. The van der Waals surface area contributed by atoms with Gasteiger partial charge in [0.15, 0.2) is 11.4 Å². The van der Waals surface area contributed by atoms with Crippen LogP contribution in [0.3, 0.4) is 0 Å². The van der Waals surface area contributed by atoms with Gasteiger partial charge in [-0.1, -0.05) is 30.3 Å². The van der Waals surface area contributed by atoms with Crippen LogP contribution < -0.4 is 9.47 Å². The zero-order chi connectivity index (χ0) is 26.9. The fraction of sp³-hybridized carbons (Fsp3) is 0.400. The van der Waals surface area contributed by atoms with E-state index in [1.165, 1.54) is 0 Å². The Morgan fingerprint density at radius 2 is 1.27 bits per heavy atom. The minimum absolute atomic E-state index is 0.139. The maximum Gasteiger partial charge on any atom is 0.274 e. The molecular weight excluding hydrogens is 466 g/mol. The second-order valence-electron chi connectivity index (χ2n) is 8.64. The molecule has 37 heavy (non-hydrogen) atoms. The zero-order valence-corrected chi connectivity index (χ0v) is 22.9. The number of ether oxygens (including phenoxy) is 2. The van der Waals surface area contributed by atoms with E-state index in [1.54, 1.807) is 14.4 Å². The van der Waals surface area contributed by atoms with E-state index in [0.29, 0.717) is 61.2 Å². The number of carbonyl (C=O) groups is 2. The van der Waals surface area contributed by atoms with Crippen molar-refractivity contribution in [3.63, 3.8) is 0 Å². The van der Waals surface area contributed by atoms with Crippen molar-refractivity contribution in [3.05, 3.63) is 77.1 Å². The summed E-state index contributed by atoms with van der Waals surface area (Å²) in [6.07, 6.45) is 0. The number of benzene rings is 2. The zero-order valence-electron chi connectivity index (χ0n) is 22.9. The van der Waals surface area contributed by atoms with Crippen LogP contribution in [-0.2, 0) is 6.61 Å². The van der Waals surface area contributed by atoms with Gasteiger partial charge in [0, 0.05) is 37.4 Å². The molecule has 1 aromatic heterocycles. The van der Waals surface area contributed by atoms with Crippen LogP contribution in [0.25, 0.3) is 5.69 Å². The summed E-state index contributed by atoms with van der Waals surface area (Å²) in [4.78, 5) is 31.4. The smallest absolute Gasteiger partial charge is 0.274 e.